The van der Waals surface area contributed by atoms with Gasteiger partial charge in [-0.25, -0.2) is 0 Å². The van der Waals surface area contributed by atoms with Crippen LogP contribution >= 0.6 is 0 Å². The molecule has 0 unspecified atom stereocenters. The lowest BCUT2D eigenvalue weighted by Crippen LogP contribution is -2.14. The number of nitrogens with zero attached hydrogens (tertiary/aromatic N) is 3. The van der Waals surface area contributed by atoms with Crippen LogP contribution in [0.1, 0.15) is 30.5 Å². The van der Waals surface area contributed by atoms with Crippen molar-refractivity contribution >= 4 is 43.6 Å². The number of fused-ring (bicyclic) bond motifs is 10. The summed E-state index contributed by atoms with van der Waals surface area (Å²) in [5.41, 5.74) is 15.0. The van der Waals surface area contributed by atoms with E-state index in [0.717, 1.165) is 38.9 Å². The summed E-state index contributed by atoms with van der Waals surface area (Å²) in [5.74, 6) is 0. The first-order chi connectivity index (χ1) is 24.0. The molecule has 9 aromatic rings. The summed E-state index contributed by atoms with van der Waals surface area (Å²) in [5, 5.41) is 14.8. The van der Waals surface area contributed by atoms with Crippen molar-refractivity contribution in [2.45, 2.75) is 19.3 Å². The summed E-state index contributed by atoms with van der Waals surface area (Å²) in [6, 6.07) is 56.9. The molecule has 0 atom stereocenters. The Morgan fingerprint density at radius 3 is 1.73 bits per heavy atom. The largest absolute Gasteiger partial charge is 0.309 e. The molecule has 0 N–H and O–H groups in total. The van der Waals surface area contributed by atoms with Crippen LogP contribution in [0.2, 0.25) is 0 Å². The van der Waals surface area contributed by atoms with Gasteiger partial charge in [0.15, 0.2) is 0 Å². The van der Waals surface area contributed by atoms with Crippen LogP contribution in [-0.4, -0.2) is 9.13 Å². The Morgan fingerprint density at radius 1 is 0.490 bits per heavy atom. The second-order valence-corrected chi connectivity index (χ2v) is 13.7. The van der Waals surface area contributed by atoms with Gasteiger partial charge in [0, 0.05) is 38.3 Å². The van der Waals surface area contributed by atoms with E-state index in [9.17, 15) is 5.26 Å². The van der Waals surface area contributed by atoms with Gasteiger partial charge in [0.05, 0.1) is 33.7 Å². The molecule has 2 aromatic heterocycles. The standard InChI is InChI=1S/C46H31N3/c1-46(2)38-18-6-3-17-36(38)44-39(46)22-24-43-45(44)37-25-29(28-47)21-23-42(37)49(43)33-14-10-12-31(27-33)30-11-9-13-32(26-30)48-40-19-7-4-15-34(40)35-16-5-8-20-41(35)48/h3-27H,1-2H3. The van der Waals surface area contributed by atoms with Crippen molar-refractivity contribution in [2.24, 2.45) is 0 Å². The second kappa shape index (κ2) is 10.1. The zero-order chi connectivity index (χ0) is 32.9. The zero-order valence-electron chi connectivity index (χ0n) is 27.3. The Bertz CT molecular complexity index is 2820. The highest BCUT2D eigenvalue weighted by atomic mass is 15.0. The van der Waals surface area contributed by atoms with E-state index in [1.807, 2.05) is 6.07 Å². The van der Waals surface area contributed by atoms with E-state index >= 15 is 0 Å². The van der Waals surface area contributed by atoms with Crippen LogP contribution < -0.4 is 0 Å². The van der Waals surface area contributed by atoms with Crippen LogP contribution in [0.3, 0.4) is 0 Å². The average molecular weight is 626 g/mol. The number of rotatable bonds is 3. The van der Waals surface area contributed by atoms with E-state index in [2.05, 4.69) is 175 Å². The van der Waals surface area contributed by atoms with Crippen LogP contribution in [-0.2, 0) is 5.41 Å². The third kappa shape index (κ3) is 3.83. The van der Waals surface area contributed by atoms with Gasteiger partial charge < -0.3 is 9.13 Å². The molecule has 7 aromatic carbocycles. The van der Waals surface area contributed by atoms with E-state index in [-0.39, 0.29) is 5.41 Å². The fourth-order valence-corrected chi connectivity index (χ4v) is 8.50. The Balaban J connectivity index is 1.19. The average Bonchev–Trinajstić information content (AvgIpc) is 3.75. The fraction of sp³-hybridized carbons (Fsp3) is 0.0652. The van der Waals surface area contributed by atoms with Gasteiger partial charge in [0.2, 0.25) is 0 Å². The van der Waals surface area contributed by atoms with Crippen LogP contribution in [0, 0.1) is 11.3 Å². The molecule has 1 aliphatic rings. The van der Waals surface area contributed by atoms with Gasteiger partial charge in [-0.2, -0.15) is 5.26 Å². The Hall–Kier alpha value is -6.37. The number of hydrogen-bond acceptors (Lipinski definition) is 1. The highest BCUT2D eigenvalue weighted by Gasteiger charge is 2.37. The van der Waals surface area contributed by atoms with Crippen molar-refractivity contribution in [3.8, 4) is 39.7 Å². The predicted molar refractivity (Wildman–Crippen MR) is 203 cm³/mol. The summed E-state index contributed by atoms with van der Waals surface area (Å²) in [7, 11) is 0. The van der Waals surface area contributed by atoms with Crippen molar-refractivity contribution in [1.29, 1.82) is 5.26 Å². The Kier molecular flexibility index (Phi) is 5.69. The lowest BCUT2D eigenvalue weighted by atomic mass is 9.82. The lowest BCUT2D eigenvalue weighted by molar-refractivity contribution is 0.661. The molecule has 1 aliphatic carbocycles. The molecule has 0 amide bonds. The third-order valence-corrected chi connectivity index (χ3v) is 10.7. The molecular weight excluding hydrogens is 595 g/mol. The summed E-state index contributed by atoms with van der Waals surface area (Å²) < 4.78 is 4.75. The van der Waals surface area contributed by atoms with E-state index in [1.165, 1.54) is 49.4 Å². The van der Waals surface area contributed by atoms with Crippen molar-refractivity contribution in [3.05, 3.63) is 168 Å². The molecule has 0 radical (unpaired) electrons. The molecule has 0 fully saturated rings. The molecular formula is C46H31N3. The van der Waals surface area contributed by atoms with Crippen LogP contribution in [0.15, 0.2) is 152 Å². The monoisotopic (exact) mass is 625 g/mol. The van der Waals surface area contributed by atoms with Gasteiger partial charge in [0.25, 0.3) is 0 Å². The Morgan fingerprint density at radius 2 is 1.06 bits per heavy atom. The minimum absolute atomic E-state index is 0.108. The van der Waals surface area contributed by atoms with Crippen molar-refractivity contribution in [2.75, 3.05) is 0 Å². The molecule has 10 rings (SSSR count). The van der Waals surface area contributed by atoms with Crippen LogP contribution in [0.25, 0.3) is 77.2 Å². The smallest absolute Gasteiger partial charge is 0.0991 e. The molecule has 3 heteroatoms. The normalized spacial score (nSPS) is 13.2. The van der Waals surface area contributed by atoms with Crippen LogP contribution in [0.4, 0.5) is 0 Å². The maximum absolute atomic E-state index is 9.94. The zero-order valence-corrected chi connectivity index (χ0v) is 27.3. The molecule has 0 saturated carbocycles. The summed E-state index contributed by atoms with van der Waals surface area (Å²) in [6.45, 7) is 4.64. The van der Waals surface area contributed by atoms with Gasteiger partial charge in [0.1, 0.15) is 0 Å². The maximum atomic E-state index is 9.94. The first kappa shape index (κ1) is 27.7. The highest BCUT2D eigenvalue weighted by molar-refractivity contribution is 6.18. The topological polar surface area (TPSA) is 33.6 Å². The number of hydrogen-bond donors (Lipinski definition) is 0. The second-order valence-electron chi connectivity index (χ2n) is 13.7. The molecule has 0 saturated heterocycles. The van der Waals surface area contributed by atoms with Gasteiger partial charge >= 0.3 is 0 Å². The number of nitriles is 1. The Labute approximate surface area is 284 Å². The van der Waals surface area contributed by atoms with E-state index in [4.69, 9.17) is 0 Å². The quantitative estimate of drug-likeness (QED) is 0.192. The molecule has 230 valence electrons. The summed E-state index contributed by atoms with van der Waals surface area (Å²) in [6.07, 6.45) is 0. The van der Waals surface area contributed by atoms with Crippen molar-refractivity contribution in [1.82, 2.24) is 9.13 Å². The fourth-order valence-electron chi connectivity index (χ4n) is 8.50. The maximum Gasteiger partial charge on any atom is 0.0991 e. The number of aromatic nitrogens is 2. The van der Waals surface area contributed by atoms with Gasteiger partial charge in [-0.1, -0.05) is 105 Å². The first-order valence-electron chi connectivity index (χ1n) is 16.8. The highest BCUT2D eigenvalue weighted by Crippen LogP contribution is 2.53. The van der Waals surface area contributed by atoms with Gasteiger partial charge in [-0.15, -0.1) is 0 Å². The minimum atomic E-state index is -0.108. The first-order valence-corrected chi connectivity index (χ1v) is 16.8. The van der Waals surface area contributed by atoms with Crippen molar-refractivity contribution in [3.63, 3.8) is 0 Å². The van der Waals surface area contributed by atoms with E-state index in [0.29, 0.717) is 5.56 Å². The molecule has 3 nitrogen and oxygen atoms in total. The van der Waals surface area contributed by atoms with Crippen molar-refractivity contribution < 1.29 is 0 Å². The van der Waals surface area contributed by atoms with E-state index in [1.54, 1.807) is 0 Å². The molecule has 0 bridgehead atoms. The molecule has 0 aliphatic heterocycles. The number of benzene rings is 7. The lowest BCUT2D eigenvalue weighted by Gasteiger charge is -2.21. The van der Waals surface area contributed by atoms with Gasteiger partial charge in [-0.05, 0) is 94.0 Å². The van der Waals surface area contributed by atoms with E-state index < -0.39 is 0 Å². The predicted octanol–water partition coefficient (Wildman–Crippen LogP) is 11.7. The minimum Gasteiger partial charge on any atom is -0.309 e. The summed E-state index contributed by atoms with van der Waals surface area (Å²) in [4.78, 5) is 0. The SMILES string of the molecule is CC1(C)c2ccccc2-c2c1ccc1c2c2cc(C#N)ccc2n1-c1cccc(-c2cccc(-n3c4ccccc4c4ccccc43)c2)c1. The molecule has 2 heterocycles. The third-order valence-electron chi connectivity index (χ3n) is 10.7. The van der Waals surface area contributed by atoms with Gasteiger partial charge in [-0.3, -0.25) is 0 Å². The summed E-state index contributed by atoms with van der Waals surface area (Å²) >= 11 is 0. The van der Waals surface area contributed by atoms with Crippen LogP contribution in [0.5, 0.6) is 0 Å². The number of para-hydroxylation sites is 2. The molecule has 49 heavy (non-hydrogen) atoms. The molecule has 0 spiro atoms.